The summed E-state index contributed by atoms with van der Waals surface area (Å²) in [7, 11) is 5.90. The molecule has 0 heterocycles. The van der Waals surface area contributed by atoms with Gasteiger partial charge in [0, 0.05) is 6.42 Å². The van der Waals surface area contributed by atoms with Crippen molar-refractivity contribution < 1.29 is 14.4 Å². The van der Waals surface area contributed by atoms with Crippen molar-refractivity contribution in [3.63, 3.8) is 0 Å². The van der Waals surface area contributed by atoms with Gasteiger partial charge >= 0.3 is 5.97 Å². The van der Waals surface area contributed by atoms with E-state index in [4.69, 9.17) is 0 Å². The molecule has 0 saturated carbocycles. The third-order valence-corrected chi connectivity index (χ3v) is 4.90. The van der Waals surface area contributed by atoms with Gasteiger partial charge in [0.15, 0.2) is 6.04 Å². The maximum Gasteiger partial charge on any atom is 0.362 e. The number of hydrogen-bond acceptors (Lipinski definition) is 1. The van der Waals surface area contributed by atoms with Crippen molar-refractivity contribution in [2.24, 2.45) is 0 Å². The first-order valence-corrected chi connectivity index (χ1v) is 10.7. The zero-order valence-electron chi connectivity index (χ0n) is 17.9. The molecule has 0 fully saturated rings. The van der Waals surface area contributed by atoms with Crippen LogP contribution >= 0.6 is 0 Å². The zero-order chi connectivity index (χ0) is 19.7. The molecule has 0 saturated heterocycles. The van der Waals surface area contributed by atoms with Gasteiger partial charge in [0.1, 0.15) is 0 Å². The highest BCUT2D eigenvalue weighted by Gasteiger charge is 2.30. The normalized spacial score (nSPS) is 13.7. The number of hydrogen-bond donors (Lipinski definition) is 1. The topological polar surface area (TPSA) is 37.3 Å². The molecule has 0 aromatic rings. The van der Waals surface area contributed by atoms with Crippen LogP contribution in [0.3, 0.4) is 0 Å². The minimum atomic E-state index is -0.667. The van der Waals surface area contributed by atoms with Crippen LogP contribution < -0.4 is 0 Å². The summed E-state index contributed by atoms with van der Waals surface area (Å²) in [6.07, 6.45) is 24.7. The Morgan fingerprint density at radius 2 is 1.31 bits per heavy atom. The Hall–Kier alpha value is -1.09. The van der Waals surface area contributed by atoms with Crippen LogP contribution in [0.1, 0.15) is 90.4 Å². The summed E-state index contributed by atoms with van der Waals surface area (Å²) in [5.74, 6) is -0.667. The number of likely N-dealkylation sites (N-methyl/N-ethyl adjacent to an activating group) is 1. The molecule has 152 valence electrons. The van der Waals surface area contributed by atoms with E-state index in [9.17, 15) is 9.90 Å². The molecule has 0 bridgehead atoms. The second kappa shape index (κ2) is 16.1. The minimum absolute atomic E-state index is 0.277. The molecule has 0 aromatic heterocycles. The van der Waals surface area contributed by atoms with E-state index in [1.807, 2.05) is 21.1 Å². The summed E-state index contributed by atoms with van der Waals surface area (Å²) in [6, 6.07) is -0.277. The fourth-order valence-electron chi connectivity index (χ4n) is 3.17. The fourth-order valence-corrected chi connectivity index (χ4v) is 3.17. The Morgan fingerprint density at radius 3 is 1.81 bits per heavy atom. The van der Waals surface area contributed by atoms with Crippen molar-refractivity contribution in [1.29, 1.82) is 0 Å². The molecule has 0 aliphatic carbocycles. The lowest BCUT2D eigenvalue weighted by Crippen LogP contribution is -2.49. The van der Waals surface area contributed by atoms with E-state index >= 15 is 0 Å². The van der Waals surface area contributed by atoms with Crippen molar-refractivity contribution in [1.82, 2.24) is 0 Å². The van der Waals surface area contributed by atoms with Gasteiger partial charge in [0.25, 0.3) is 0 Å². The Labute approximate surface area is 162 Å². The lowest BCUT2D eigenvalue weighted by molar-refractivity contribution is -0.887. The molecule has 0 aliphatic heterocycles. The highest BCUT2D eigenvalue weighted by molar-refractivity contribution is 5.72. The molecular formula is C23H44NO2+. The van der Waals surface area contributed by atoms with Crippen LogP contribution in [0.15, 0.2) is 24.3 Å². The lowest BCUT2D eigenvalue weighted by Gasteiger charge is -2.31. The third kappa shape index (κ3) is 15.2. The van der Waals surface area contributed by atoms with Crippen molar-refractivity contribution in [3.05, 3.63) is 24.3 Å². The molecule has 1 unspecified atom stereocenters. The fraction of sp³-hybridized carbons (Fsp3) is 0.783. The van der Waals surface area contributed by atoms with Gasteiger partial charge in [-0.25, -0.2) is 4.79 Å². The lowest BCUT2D eigenvalue weighted by atomic mass is 10.0. The van der Waals surface area contributed by atoms with E-state index in [0.29, 0.717) is 4.48 Å². The number of carbonyl (C=O) groups is 1. The van der Waals surface area contributed by atoms with E-state index < -0.39 is 5.97 Å². The van der Waals surface area contributed by atoms with Gasteiger partial charge in [-0.1, -0.05) is 69.8 Å². The molecular weight excluding hydrogens is 322 g/mol. The van der Waals surface area contributed by atoms with Crippen molar-refractivity contribution >= 4 is 5.97 Å². The van der Waals surface area contributed by atoms with Crippen molar-refractivity contribution in [2.75, 3.05) is 21.1 Å². The van der Waals surface area contributed by atoms with Crippen LogP contribution in [0, 0.1) is 0 Å². The van der Waals surface area contributed by atoms with Crippen LogP contribution in [-0.4, -0.2) is 42.7 Å². The van der Waals surface area contributed by atoms with Gasteiger partial charge in [0.2, 0.25) is 0 Å². The van der Waals surface area contributed by atoms with E-state index in [1.165, 1.54) is 57.8 Å². The molecule has 26 heavy (non-hydrogen) atoms. The molecule has 3 heteroatoms. The summed E-state index contributed by atoms with van der Waals surface area (Å²) in [4.78, 5) is 11.3. The largest absolute Gasteiger partial charge is 0.477 e. The number of unbranched alkanes of at least 4 members (excludes halogenated alkanes) is 9. The van der Waals surface area contributed by atoms with Crippen LogP contribution in [0.25, 0.3) is 0 Å². The van der Waals surface area contributed by atoms with E-state index in [2.05, 4.69) is 31.2 Å². The van der Waals surface area contributed by atoms with Gasteiger partial charge in [-0.3, -0.25) is 0 Å². The molecule has 1 atom stereocenters. The first kappa shape index (κ1) is 24.9. The first-order chi connectivity index (χ1) is 12.4. The van der Waals surface area contributed by atoms with Crippen LogP contribution in [0.2, 0.25) is 0 Å². The summed E-state index contributed by atoms with van der Waals surface area (Å²) < 4.78 is 0.510. The highest BCUT2D eigenvalue weighted by atomic mass is 16.4. The standard InChI is InChI=1S/C23H43NO2/c1-5-6-7-8-9-10-11-12-13-14-15-16-17-18-19-20-21-22(23(25)26)24(2,3)4/h9-10,12-13,22H,5-8,11,14-21H2,1-4H3/p+1. The number of nitrogens with zero attached hydrogens (tertiary/aromatic N) is 1. The first-order valence-electron chi connectivity index (χ1n) is 10.7. The predicted octanol–water partition coefficient (Wildman–Crippen LogP) is 6.35. The van der Waals surface area contributed by atoms with Crippen LogP contribution in [0.5, 0.6) is 0 Å². The van der Waals surface area contributed by atoms with Gasteiger partial charge in [-0.05, 0) is 38.5 Å². The minimum Gasteiger partial charge on any atom is -0.477 e. The number of allylic oxidation sites excluding steroid dienone is 4. The van der Waals surface area contributed by atoms with E-state index in [1.54, 1.807) is 0 Å². The van der Waals surface area contributed by atoms with Gasteiger partial charge in [0.05, 0.1) is 21.1 Å². The van der Waals surface area contributed by atoms with Gasteiger partial charge < -0.3 is 9.59 Å². The Bertz CT molecular complexity index is 394. The zero-order valence-corrected chi connectivity index (χ0v) is 17.9. The number of quaternary nitrogens is 1. The monoisotopic (exact) mass is 366 g/mol. The number of carboxylic acid groups (broad SMARTS) is 1. The highest BCUT2D eigenvalue weighted by Crippen LogP contribution is 2.15. The molecule has 0 rings (SSSR count). The number of rotatable bonds is 17. The molecule has 3 nitrogen and oxygen atoms in total. The number of carboxylic acids is 1. The molecule has 0 aromatic carbocycles. The van der Waals surface area contributed by atoms with Crippen molar-refractivity contribution in [3.8, 4) is 0 Å². The Morgan fingerprint density at radius 1 is 0.808 bits per heavy atom. The second-order valence-corrected chi connectivity index (χ2v) is 8.34. The second-order valence-electron chi connectivity index (χ2n) is 8.34. The maximum absolute atomic E-state index is 11.3. The van der Waals surface area contributed by atoms with Crippen molar-refractivity contribution in [2.45, 2.75) is 96.4 Å². The summed E-state index contributed by atoms with van der Waals surface area (Å²) >= 11 is 0. The quantitative estimate of drug-likeness (QED) is 0.185. The summed E-state index contributed by atoms with van der Waals surface area (Å²) in [5, 5.41) is 9.31. The maximum atomic E-state index is 11.3. The Kier molecular flexibility index (Phi) is 15.4. The van der Waals surface area contributed by atoms with E-state index in [0.717, 1.165) is 25.7 Å². The SMILES string of the molecule is CCCCCC=CCC=CCCCCCCCCC(C(=O)O)[N+](C)(C)C. The molecule has 0 spiro atoms. The van der Waals surface area contributed by atoms with E-state index in [-0.39, 0.29) is 6.04 Å². The smallest absolute Gasteiger partial charge is 0.362 e. The Balaban J connectivity index is 3.48. The third-order valence-electron chi connectivity index (χ3n) is 4.90. The molecule has 0 aliphatic rings. The van der Waals surface area contributed by atoms with Crippen LogP contribution in [0.4, 0.5) is 0 Å². The van der Waals surface area contributed by atoms with Gasteiger partial charge in [-0.15, -0.1) is 0 Å². The average molecular weight is 367 g/mol. The average Bonchev–Trinajstić information content (AvgIpc) is 2.56. The molecule has 1 N–H and O–H groups in total. The summed E-state index contributed by atoms with van der Waals surface area (Å²) in [5.41, 5.74) is 0. The molecule has 0 radical (unpaired) electrons. The molecule has 0 amide bonds. The van der Waals surface area contributed by atoms with Crippen LogP contribution in [-0.2, 0) is 4.79 Å². The summed E-state index contributed by atoms with van der Waals surface area (Å²) in [6.45, 7) is 2.24. The van der Waals surface area contributed by atoms with Gasteiger partial charge in [-0.2, -0.15) is 0 Å². The predicted molar refractivity (Wildman–Crippen MR) is 113 cm³/mol. The number of aliphatic carboxylic acids is 1.